The van der Waals surface area contributed by atoms with Crippen molar-refractivity contribution in [3.63, 3.8) is 0 Å². The second-order valence-electron chi connectivity index (χ2n) is 4.38. The van der Waals surface area contributed by atoms with Crippen LogP contribution < -0.4 is 10.5 Å². The maximum atomic E-state index is 13.3. The summed E-state index contributed by atoms with van der Waals surface area (Å²) < 4.78 is 40.2. The predicted octanol–water partition coefficient (Wildman–Crippen LogP) is 2.38. The van der Waals surface area contributed by atoms with Crippen LogP contribution in [-0.4, -0.2) is 18.4 Å². The molecule has 2 rings (SSSR count). The molecule has 0 bridgehead atoms. The fraction of sp³-hybridized carbons (Fsp3) is 0.167. The van der Waals surface area contributed by atoms with Gasteiger partial charge in [-0.25, -0.2) is 27.5 Å². The third kappa shape index (κ3) is 3.48. The molecule has 9 heteroatoms. The van der Waals surface area contributed by atoms with Crippen LogP contribution in [0.15, 0.2) is 27.6 Å². The van der Waals surface area contributed by atoms with Crippen LogP contribution in [0.4, 0.5) is 16.0 Å². The Morgan fingerprint density at radius 1 is 1.19 bits per heavy atom. The number of hydrogen-bond acceptors (Lipinski definition) is 5. The Morgan fingerprint density at radius 2 is 1.76 bits per heavy atom. The molecule has 0 aliphatic heterocycles. The van der Waals surface area contributed by atoms with Crippen LogP contribution in [0.1, 0.15) is 11.4 Å². The zero-order valence-corrected chi connectivity index (χ0v) is 13.6. The van der Waals surface area contributed by atoms with Gasteiger partial charge in [0.05, 0.1) is 5.69 Å². The molecule has 0 aliphatic carbocycles. The molecule has 0 saturated heterocycles. The SMILES string of the molecule is Cc1cc(C)nc(NS(=O)(=O)c2cc(N)c(F)cc2Br)n1. The maximum Gasteiger partial charge on any atom is 0.265 e. The number of nitrogens with one attached hydrogen (secondary N) is 1. The molecule has 2 aromatic rings. The fourth-order valence-electron chi connectivity index (χ4n) is 1.70. The summed E-state index contributed by atoms with van der Waals surface area (Å²) in [7, 11) is -3.99. The summed E-state index contributed by atoms with van der Waals surface area (Å²) in [6, 6.07) is 3.74. The van der Waals surface area contributed by atoms with Crippen LogP contribution in [0.5, 0.6) is 0 Å². The molecule has 112 valence electrons. The minimum Gasteiger partial charge on any atom is -0.396 e. The number of sulfonamides is 1. The van der Waals surface area contributed by atoms with E-state index in [9.17, 15) is 12.8 Å². The van der Waals surface area contributed by atoms with Crippen LogP contribution in [0.25, 0.3) is 0 Å². The number of halogens is 2. The van der Waals surface area contributed by atoms with Crippen LogP contribution in [0.2, 0.25) is 0 Å². The predicted molar refractivity (Wildman–Crippen MR) is 80.8 cm³/mol. The first kappa shape index (κ1) is 15.6. The van der Waals surface area contributed by atoms with E-state index >= 15 is 0 Å². The zero-order valence-electron chi connectivity index (χ0n) is 11.2. The first-order chi connectivity index (χ1) is 9.69. The second kappa shape index (κ2) is 5.57. The molecule has 0 radical (unpaired) electrons. The lowest BCUT2D eigenvalue weighted by Gasteiger charge is -2.10. The van der Waals surface area contributed by atoms with E-state index in [2.05, 4.69) is 30.6 Å². The molecule has 0 spiro atoms. The average molecular weight is 375 g/mol. The van der Waals surface area contributed by atoms with E-state index in [0.29, 0.717) is 11.4 Å². The van der Waals surface area contributed by atoms with Crippen LogP contribution in [0, 0.1) is 19.7 Å². The van der Waals surface area contributed by atoms with Crippen molar-refractivity contribution in [1.29, 1.82) is 0 Å². The summed E-state index contributed by atoms with van der Waals surface area (Å²) in [5.74, 6) is -0.759. The van der Waals surface area contributed by atoms with Crippen molar-refractivity contribution in [1.82, 2.24) is 9.97 Å². The number of nitrogens with zero attached hydrogens (tertiary/aromatic N) is 2. The minimum absolute atomic E-state index is 0.0534. The van der Waals surface area contributed by atoms with Gasteiger partial charge in [-0.3, -0.25) is 0 Å². The molecule has 0 atom stereocenters. The van der Waals surface area contributed by atoms with E-state index in [-0.39, 0.29) is 21.0 Å². The largest absolute Gasteiger partial charge is 0.396 e. The second-order valence-corrected chi connectivity index (χ2v) is 6.89. The van der Waals surface area contributed by atoms with Gasteiger partial charge in [-0.05, 0) is 48.0 Å². The average Bonchev–Trinajstić information content (AvgIpc) is 2.31. The number of hydrogen-bond donors (Lipinski definition) is 2. The number of benzene rings is 1. The number of nitrogen functional groups attached to an aromatic ring is 1. The highest BCUT2D eigenvalue weighted by Crippen LogP contribution is 2.27. The van der Waals surface area contributed by atoms with E-state index in [0.717, 1.165) is 12.1 Å². The van der Waals surface area contributed by atoms with E-state index < -0.39 is 15.8 Å². The van der Waals surface area contributed by atoms with Crippen molar-refractivity contribution < 1.29 is 12.8 Å². The van der Waals surface area contributed by atoms with Crippen molar-refractivity contribution >= 4 is 37.6 Å². The van der Waals surface area contributed by atoms with Crippen LogP contribution in [-0.2, 0) is 10.0 Å². The molecule has 1 aromatic heterocycles. The normalized spacial score (nSPS) is 11.4. The molecular weight excluding hydrogens is 363 g/mol. The van der Waals surface area contributed by atoms with Gasteiger partial charge in [0.15, 0.2) is 0 Å². The molecule has 0 fully saturated rings. The monoisotopic (exact) mass is 374 g/mol. The van der Waals surface area contributed by atoms with Gasteiger partial charge in [-0.2, -0.15) is 0 Å². The highest BCUT2D eigenvalue weighted by molar-refractivity contribution is 9.10. The smallest absolute Gasteiger partial charge is 0.265 e. The van der Waals surface area contributed by atoms with Gasteiger partial charge in [0.1, 0.15) is 10.7 Å². The third-order valence-electron chi connectivity index (χ3n) is 2.55. The molecule has 21 heavy (non-hydrogen) atoms. The first-order valence-electron chi connectivity index (χ1n) is 5.78. The van der Waals surface area contributed by atoms with Crippen molar-refractivity contribution in [3.05, 3.63) is 39.9 Å². The highest BCUT2D eigenvalue weighted by atomic mass is 79.9. The lowest BCUT2D eigenvalue weighted by atomic mass is 10.3. The van der Waals surface area contributed by atoms with Crippen LogP contribution >= 0.6 is 15.9 Å². The van der Waals surface area contributed by atoms with Crippen LogP contribution in [0.3, 0.4) is 0 Å². The topological polar surface area (TPSA) is 98.0 Å². The fourth-order valence-corrected chi connectivity index (χ4v) is 3.69. The molecule has 0 saturated carbocycles. The summed E-state index contributed by atoms with van der Waals surface area (Å²) in [6.45, 7) is 3.44. The van der Waals surface area contributed by atoms with Gasteiger partial charge < -0.3 is 5.73 Å². The molecular formula is C12H12BrFN4O2S. The van der Waals surface area contributed by atoms with Gasteiger partial charge >= 0.3 is 0 Å². The quantitative estimate of drug-likeness (QED) is 0.803. The Kier molecular flexibility index (Phi) is 4.15. The van der Waals surface area contributed by atoms with E-state index in [1.807, 2.05) is 0 Å². The van der Waals surface area contributed by atoms with Crippen molar-refractivity contribution in [2.45, 2.75) is 18.7 Å². The molecule has 1 aromatic carbocycles. The molecule has 0 amide bonds. The van der Waals surface area contributed by atoms with Crippen molar-refractivity contribution in [2.75, 3.05) is 10.5 Å². The summed E-state index contributed by atoms with van der Waals surface area (Å²) in [6.07, 6.45) is 0. The van der Waals surface area contributed by atoms with Gasteiger partial charge in [0.25, 0.3) is 10.0 Å². The first-order valence-corrected chi connectivity index (χ1v) is 8.06. The number of aromatic nitrogens is 2. The summed E-state index contributed by atoms with van der Waals surface area (Å²) in [4.78, 5) is 7.79. The number of anilines is 2. The van der Waals surface area contributed by atoms with Gasteiger partial charge in [-0.15, -0.1) is 0 Å². The maximum absolute atomic E-state index is 13.3. The summed E-state index contributed by atoms with van der Waals surface area (Å²) in [5.41, 5.74) is 6.39. The molecule has 3 N–H and O–H groups in total. The van der Waals surface area contributed by atoms with E-state index in [4.69, 9.17) is 5.73 Å². The Balaban J connectivity index is 2.45. The number of rotatable bonds is 3. The Labute approximate surface area is 129 Å². The standard InChI is InChI=1S/C12H12BrFN4O2S/c1-6-3-7(2)17-12(16-6)18-21(19,20)11-5-10(15)9(14)4-8(11)13/h3-5H,15H2,1-2H3,(H,16,17,18). The van der Waals surface area contributed by atoms with Gasteiger partial charge in [0, 0.05) is 15.9 Å². The Morgan fingerprint density at radius 3 is 2.33 bits per heavy atom. The van der Waals surface area contributed by atoms with Crippen molar-refractivity contribution in [3.8, 4) is 0 Å². The number of aryl methyl sites for hydroxylation is 2. The van der Waals surface area contributed by atoms with Gasteiger partial charge in [0.2, 0.25) is 5.95 Å². The highest BCUT2D eigenvalue weighted by Gasteiger charge is 2.21. The van der Waals surface area contributed by atoms with Gasteiger partial charge in [-0.1, -0.05) is 0 Å². The summed E-state index contributed by atoms with van der Waals surface area (Å²) in [5, 5.41) is 0. The van der Waals surface area contributed by atoms with Crippen molar-refractivity contribution in [2.24, 2.45) is 0 Å². The molecule has 6 nitrogen and oxygen atoms in total. The molecule has 0 unspecified atom stereocenters. The summed E-state index contributed by atoms with van der Waals surface area (Å²) >= 11 is 3.00. The Hall–Kier alpha value is -1.74. The third-order valence-corrected chi connectivity index (χ3v) is 4.84. The lowest BCUT2D eigenvalue weighted by molar-refractivity contribution is 0.599. The molecule has 1 heterocycles. The minimum atomic E-state index is -3.99. The molecule has 0 aliphatic rings. The number of nitrogens with two attached hydrogens (primary N) is 1. The lowest BCUT2D eigenvalue weighted by Crippen LogP contribution is -2.16. The zero-order chi connectivity index (χ0) is 15.8. The van der Waals surface area contributed by atoms with E-state index in [1.54, 1.807) is 19.9 Å². The van der Waals surface area contributed by atoms with E-state index in [1.165, 1.54) is 0 Å². The Bertz CT molecular complexity index is 791.